The van der Waals surface area contributed by atoms with Gasteiger partial charge in [-0.1, -0.05) is 97.0 Å². The first kappa shape index (κ1) is 31.8. The average molecular weight is 883 g/mol. The third-order valence-corrected chi connectivity index (χ3v) is 8.84. The van der Waals surface area contributed by atoms with Crippen molar-refractivity contribution in [2.45, 2.75) is 86.4 Å². The summed E-state index contributed by atoms with van der Waals surface area (Å²) in [6.45, 7) is 15.6. The van der Waals surface area contributed by atoms with Gasteiger partial charge >= 0.3 is 0 Å². The summed E-state index contributed by atoms with van der Waals surface area (Å²) >= 11 is 0. The summed E-state index contributed by atoms with van der Waals surface area (Å²) in [5.74, 6) is 0.666. The standard InChI is InChI=1S/C32H31N2O2.C15H16N.Ir/c1-18-17-33-26(14-20(18)16-31(2,3)4)22-10-8-9-21-24-13-19-11-12-25-29(36-30(34-25)32(5,6)7)23(19)15-27(24)35-28(21)22;1-15(2,3)13-9-10-16-14(11-13)12-7-5-4-6-8-12;/h8-9,11-15,17H,16H2,1-7H3;4-7,9-11H,1-3H3;/q2*-1;/i1D3,16D2;;. The molecule has 5 nitrogen and oxygen atoms in total. The van der Waals surface area contributed by atoms with Crippen LogP contribution in [0.4, 0.5) is 0 Å². The van der Waals surface area contributed by atoms with Gasteiger partial charge in [-0.15, -0.1) is 54.1 Å². The van der Waals surface area contributed by atoms with Crippen LogP contribution in [0.5, 0.6) is 0 Å². The number of oxazole rings is 1. The predicted octanol–water partition coefficient (Wildman–Crippen LogP) is 12.8. The number of nitrogens with zero attached hydrogens (tertiary/aromatic N) is 3. The van der Waals surface area contributed by atoms with Crippen LogP contribution < -0.4 is 0 Å². The number of rotatable bonds is 3. The van der Waals surface area contributed by atoms with E-state index >= 15 is 0 Å². The van der Waals surface area contributed by atoms with Crippen LogP contribution in [-0.2, 0) is 37.3 Å². The van der Waals surface area contributed by atoms with Gasteiger partial charge < -0.3 is 18.8 Å². The van der Waals surface area contributed by atoms with Crippen LogP contribution in [0.25, 0.3) is 66.3 Å². The van der Waals surface area contributed by atoms with Gasteiger partial charge in [0, 0.05) is 55.5 Å². The number of aryl methyl sites for hydroxylation is 1. The number of aromatic nitrogens is 3. The quantitative estimate of drug-likeness (QED) is 0.165. The van der Waals surface area contributed by atoms with Crippen LogP contribution in [0, 0.1) is 24.4 Å². The van der Waals surface area contributed by atoms with Crippen molar-refractivity contribution < 1.29 is 35.8 Å². The zero-order valence-corrected chi connectivity index (χ0v) is 34.0. The Labute approximate surface area is 333 Å². The van der Waals surface area contributed by atoms with Gasteiger partial charge in [0.15, 0.2) is 5.58 Å². The Hall–Kier alpha value is -4.64. The molecule has 0 unspecified atom stereocenters. The molecule has 0 fully saturated rings. The molecular weight excluding hydrogens is 831 g/mol. The maximum Gasteiger partial charge on any atom is 0.200 e. The smallest absolute Gasteiger partial charge is 0.200 e. The second kappa shape index (κ2) is 14.3. The number of benzene rings is 4. The molecule has 0 aliphatic carbocycles. The molecule has 6 heteroatoms. The molecular formula is C47H47IrN3O2-2. The van der Waals surface area contributed by atoms with E-state index in [0.717, 1.165) is 38.3 Å². The molecule has 4 aromatic heterocycles. The maximum atomic E-state index is 8.88. The molecule has 4 aromatic carbocycles. The van der Waals surface area contributed by atoms with E-state index in [9.17, 15) is 0 Å². The van der Waals surface area contributed by atoms with Crippen molar-refractivity contribution in [3.63, 3.8) is 0 Å². The summed E-state index contributed by atoms with van der Waals surface area (Å²) in [5.41, 5.74) is 6.00. The fourth-order valence-corrected chi connectivity index (χ4v) is 6.15. The Morgan fingerprint density at radius 1 is 0.736 bits per heavy atom. The van der Waals surface area contributed by atoms with Crippen LogP contribution in [-0.4, -0.2) is 15.0 Å². The third-order valence-electron chi connectivity index (χ3n) is 8.84. The minimum atomic E-state index is -2.52. The number of hydrogen-bond donors (Lipinski definition) is 0. The second-order valence-electron chi connectivity index (χ2n) is 16.4. The summed E-state index contributed by atoms with van der Waals surface area (Å²) in [5, 5.41) is 3.63. The van der Waals surface area contributed by atoms with Gasteiger partial charge in [-0.3, -0.25) is 0 Å². The molecule has 273 valence electrons. The fourth-order valence-electron chi connectivity index (χ4n) is 6.15. The Morgan fingerprint density at radius 3 is 2.25 bits per heavy atom. The van der Waals surface area contributed by atoms with Crippen molar-refractivity contribution in [2.75, 3.05) is 0 Å². The Bertz CT molecular complexity index is 2770. The second-order valence-corrected chi connectivity index (χ2v) is 16.4. The van der Waals surface area contributed by atoms with Crippen molar-refractivity contribution in [2.24, 2.45) is 5.41 Å². The van der Waals surface area contributed by atoms with E-state index < -0.39 is 18.6 Å². The topological polar surface area (TPSA) is 65.0 Å². The van der Waals surface area contributed by atoms with Gasteiger partial charge in [-0.05, 0) is 76.2 Å². The van der Waals surface area contributed by atoms with Crippen LogP contribution in [0.3, 0.4) is 0 Å². The van der Waals surface area contributed by atoms with Crippen molar-refractivity contribution >= 4 is 43.8 Å². The van der Waals surface area contributed by atoms with Crippen LogP contribution in [0.2, 0.25) is 0 Å². The van der Waals surface area contributed by atoms with E-state index in [1.54, 1.807) is 26.8 Å². The Balaban J connectivity index is 0.000000280. The van der Waals surface area contributed by atoms with Gasteiger partial charge in [0.2, 0.25) is 5.89 Å². The molecule has 1 radical (unpaired) electrons. The zero-order chi connectivity index (χ0) is 41.3. The van der Waals surface area contributed by atoms with Crippen LogP contribution >= 0.6 is 0 Å². The van der Waals surface area contributed by atoms with Crippen LogP contribution in [0.1, 0.15) is 91.7 Å². The van der Waals surface area contributed by atoms with E-state index in [2.05, 4.69) is 81.8 Å². The first-order valence-electron chi connectivity index (χ1n) is 20.1. The molecule has 0 aliphatic rings. The minimum absolute atomic E-state index is 0. The van der Waals surface area contributed by atoms with Crippen LogP contribution in [0.15, 0.2) is 100 Å². The van der Waals surface area contributed by atoms with E-state index in [-0.39, 0.29) is 42.1 Å². The first-order chi connectivity index (χ1) is 26.5. The summed E-state index contributed by atoms with van der Waals surface area (Å²) in [4.78, 5) is 13.6. The number of hydrogen-bond acceptors (Lipinski definition) is 5. The summed E-state index contributed by atoms with van der Waals surface area (Å²) in [6, 6.07) is 31.8. The van der Waals surface area contributed by atoms with Crippen molar-refractivity contribution in [3.05, 3.63) is 126 Å². The molecule has 8 aromatic rings. The van der Waals surface area contributed by atoms with Gasteiger partial charge in [-0.2, -0.15) is 0 Å². The Kier molecular flexibility index (Phi) is 8.59. The molecule has 0 spiro atoms. The first-order valence-corrected chi connectivity index (χ1v) is 17.6. The predicted molar refractivity (Wildman–Crippen MR) is 215 cm³/mol. The molecule has 0 atom stereocenters. The van der Waals surface area contributed by atoms with Gasteiger partial charge in [0.05, 0.1) is 5.58 Å². The normalized spacial score (nSPS) is 14.2. The maximum absolute atomic E-state index is 8.88. The van der Waals surface area contributed by atoms with E-state index in [1.165, 1.54) is 17.8 Å². The molecule has 0 amide bonds. The Morgan fingerprint density at radius 2 is 1.55 bits per heavy atom. The van der Waals surface area contributed by atoms with Gasteiger partial charge in [0.25, 0.3) is 0 Å². The third kappa shape index (κ3) is 8.00. The SMILES string of the molecule is CC(C)(C)c1ccnc(-c2[c-]cccc2)c1.[2H]C([2H])([2H])c1cnc(-c2[c-]ccc3c2oc2cc4c(ccc5nc(C(C)(C)C)oc54)cc23)cc1C([2H])([2H])C(C)(C)C.[Ir]. The molecule has 0 bridgehead atoms. The largest absolute Gasteiger partial charge is 0.501 e. The van der Waals surface area contributed by atoms with E-state index in [4.69, 9.17) is 20.7 Å². The number of pyridine rings is 2. The molecule has 0 N–H and O–H groups in total. The average Bonchev–Trinajstić information content (AvgIpc) is 3.76. The number of furan rings is 1. The molecule has 0 aliphatic heterocycles. The molecule has 8 rings (SSSR count). The van der Waals surface area contributed by atoms with Crippen molar-refractivity contribution in [3.8, 4) is 22.5 Å². The van der Waals surface area contributed by atoms with Gasteiger partial charge in [-0.25, -0.2) is 4.98 Å². The summed E-state index contributed by atoms with van der Waals surface area (Å²) < 4.78 is 54.5. The van der Waals surface area contributed by atoms with E-state index in [0.29, 0.717) is 33.9 Å². The number of fused-ring (bicyclic) bond motifs is 6. The summed E-state index contributed by atoms with van der Waals surface area (Å²) in [7, 11) is 0. The zero-order valence-electron chi connectivity index (χ0n) is 36.7. The monoisotopic (exact) mass is 883 g/mol. The van der Waals surface area contributed by atoms with Crippen molar-refractivity contribution in [1.82, 2.24) is 15.0 Å². The summed E-state index contributed by atoms with van der Waals surface area (Å²) in [6.07, 6.45) is 1.19. The molecule has 0 saturated carbocycles. The molecule has 4 heterocycles. The molecule has 0 saturated heterocycles. The molecule has 53 heavy (non-hydrogen) atoms. The van der Waals surface area contributed by atoms with Gasteiger partial charge in [0.1, 0.15) is 11.1 Å². The minimum Gasteiger partial charge on any atom is -0.501 e. The fraction of sp³-hybridized carbons (Fsp3) is 0.298. The van der Waals surface area contributed by atoms with E-state index in [1.807, 2.05) is 54.7 Å². The van der Waals surface area contributed by atoms with Crippen molar-refractivity contribution in [1.29, 1.82) is 0 Å².